The molecule has 0 aliphatic rings. The summed E-state index contributed by atoms with van der Waals surface area (Å²) in [6, 6.07) is -1.22. The van der Waals surface area contributed by atoms with Crippen molar-refractivity contribution in [3.63, 3.8) is 0 Å². The molecular weight excluding hydrogens is 524 g/mol. The van der Waals surface area contributed by atoms with Gasteiger partial charge in [-0.05, 0) is 58.0 Å². The van der Waals surface area contributed by atoms with Crippen molar-refractivity contribution in [2.45, 2.75) is 95.9 Å². The molecule has 0 aromatic rings. The van der Waals surface area contributed by atoms with E-state index in [2.05, 4.69) is 16.0 Å². The molecule has 0 aromatic carbocycles. The fourth-order valence-corrected chi connectivity index (χ4v) is 3.62. The Balaban J connectivity index is 3.42. The SMILES string of the molecule is NC(=O)CC[C@H](NC(=O)CCC(=O)NCCCOCCCCOCCCNCCCCCCCC(=O)O)C(=O)O. The minimum absolute atomic E-state index is 0.0670. The van der Waals surface area contributed by atoms with Gasteiger partial charge in [-0.25, -0.2) is 4.79 Å². The Morgan fingerprint density at radius 2 is 1.18 bits per heavy atom. The minimum atomic E-state index is -1.26. The predicted octanol–water partition coefficient (Wildman–Crippen LogP) is 1.33. The molecular formula is C27H50N4O9. The van der Waals surface area contributed by atoms with Gasteiger partial charge < -0.3 is 41.4 Å². The Hall–Kier alpha value is -2.77. The van der Waals surface area contributed by atoms with Crippen LogP contribution in [0.2, 0.25) is 0 Å². The van der Waals surface area contributed by atoms with E-state index >= 15 is 0 Å². The number of amides is 3. The molecule has 0 saturated carbocycles. The highest BCUT2D eigenvalue weighted by molar-refractivity contribution is 5.87. The lowest BCUT2D eigenvalue weighted by molar-refractivity contribution is -0.142. The van der Waals surface area contributed by atoms with Gasteiger partial charge in [0.25, 0.3) is 0 Å². The van der Waals surface area contributed by atoms with E-state index in [1.807, 2.05) is 0 Å². The van der Waals surface area contributed by atoms with Crippen molar-refractivity contribution in [2.75, 3.05) is 46.1 Å². The summed E-state index contributed by atoms with van der Waals surface area (Å²) < 4.78 is 11.2. The summed E-state index contributed by atoms with van der Waals surface area (Å²) in [4.78, 5) is 56.1. The van der Waals surface area contributed by atoms with E-state index in [1.165, 1.54) is 0 Å². The van der Waals surface area contributed by atoms with Crippen LogP contribution in [0.25, 0.3) is 0 Å². The second-order valence-electron chi connectivity index (χ2n) is 9.61. The van der Waals surface area contributed by atoms with E-state index in [4.69, 9.17) is 25.4 Å². The van der Waals surface area contributed by atoms with Crippen LogP contribution >= 0.6 is 0 Å². The average Bonchev–Trinajstić information content (AvgIpc) is 2.90. The Bertz CT molecular complexity index is 722. The van der Waals surface area contributed by atoms with Gasteiger partial charge in [-0.2, -0.15) is 0 Å². The number of carboxylic acids is 2. The first-order valence-electron chi connectivity index (χ1n) is 14.4. The summed E-state index contributed by atoms with van der Waals surface area (Å²) in [5, 5.41) is 26.0. The third kappa shape index (κ3) is 26.8. The van der Waals surface area contributed by atoms with Crippen molar-refractivity contribution >= 4 is 29.7 Å². The van der Waals surface area contributed by atoms with Crippen LogP contribution in [0.5, 0.6) is 0 Å². The van der Waals surface area contributed by atoms with Crippen LogP contribution in [0.15, 0.2) is 0 Å². The third-order valence-electron chi connectivity index (χ3n) is 5.89. The predicted molar refractivity (Wildman–Crippen MR) is 149 cm³/mol. The summed E-state index contributed by atoms with van der Waals surface area (Å²) in [6.45, 7) is 4.87. The number of hydrogen-bond acceptors (Lipinski definition) is 8. The minimum Gasteiger partial charge on any atom is -0.481 e. The normalized spacial score (nSPS) is 11.6. The van der Waals surface area contributed by atoms with Crippen LogP contribution in [0.4, 0.5) is 0 Å². The first-order valence-corrected chi connectivity index (χ1v) is 14.4. The van der Waals surface area contributed by atoms with Crippen LogP contribution in [0.1, 0.15) is 89.9 Å². The van der Waals surface area contributed by atoms with E-state index in [0.29, 0.717) is 32.8 Å². The Morgan fingerprint density at radius 3 is 1.80 bits per heavy atom. The van der Waals surface area contributed by atoms with E-state index in [-0.39, 0.29) is 38.0 Å². The maximum absolute atomic E-state index is 11.9. The van der Waals surface area contributed by atoms with E-state index in [1.54, 1.807) is 0 Å². The number of hydrogen-bond donors (Lipinski definition) is 6. The van der Waals surface area contributed by atoms with Crippen LogP contribution in [0.3, 0.4) is 0 Å². The number of ether oxygens (including phenoxy) is 2. The highest BCUT2D eigenvalue weighted by Gasteiger charge is 2.20. The van der Waals surface area contributed by atoms with Gasteiger partial charge in [0.15, 0.2) is 0 Å². The van der Waals surface area contributed by atoms with E-state index in [9.17, 15) is 24.0 Å². The van der Waals surface area contributed by atoms with Gasteiger partial charge in [-0.1, -0.05) is 19.3 Å². The quantitative estimate of drug-likeness (QED) is 0.0706. The Kier molecular flexibility index (Phi) is 24.6. The van der Waals surface area contributed by atoms with Gasteiger partial charge in [0.2, 0.25) is 17.7 Å². The lowest BCUT2D eigenvalue weighted by Crippen LogP contribution is -2.41. The standard InChI is InChI=1S/C27H50N4O9/c28-23(32)12-11-22(27(37)38)31-25(34)14-13-24(33)30-17-9-21-40-19-7-6-18-39-20-8-16-29-15-5-3-1-2-4-10-26(35)36/h22,29H,1-21H2,(H2,28,32)(H,30,33)(H,31,34)(H,35,36)(H,37,38)/t22-/m0/s1. The summed E-state index contributed by atoms with van der Waals surface area (Å²) >= 11 is 0. The number of nitrogens with two attached hydrogens (primary N) is 1. The second-order valence-corrected chi connectivity index (χ2v) is 9.61. The Morgan fingerprint density at radius 1 is 0.625 bits per heavy atom. The van der Waals surface area contributed by atoms with Crippen molar-refractivity contribution < 1.29 is 43.7 Å². The van der Waals surface area contributed by atoms with Crippen molar-refractivity contribution in [1.29, 1.82) is 0 Å². The number of carbonyl (C=O) groups is 5. The second kappa shape index (κ2) is 26.5. The molecule has 13 nitrogen and oxygen atoms in total. The lowest BCUT2D eigenvalue weighted by atomic mass is 10.1. The number of carboxylic acid groups (broad SMARTS) is 2. The number of rotatable bonds is 29. The summed E-state index contributed by atoms with van der Waals surface area (Å²) in [6.07, 6.45) is 8.27. The molecule has 0 aromatic heterocycles. The molecule has 3 amide bonds. The zero-order valence-corrected chi connectivity index (χ0v) is 23.8. The van der Waals surface area contributed by atoms with Crippen molar-refractivity contribution in [3.05, 3.63) is 0 Å². The van der Waals surface area contributed by atoms with Crippen LogP contribution in [0, 0.1) is 0 Å². The highest BCUT2D eigenvalue weighted by atomic mass is 16.5. The smallest absolute Gasteiger partial charge is 0.326 e. The topological polar surface area (TPSA) is 206 Å². The molecule has 13 heteroatoms. The molecule has 0 saturated heterocycles. The van der Waals surface area contributed by atoms with Crippen LogP contribution in [-0.4, -0.2) is 92.0 Å². The number of aliphatic carboxylic acids is 2. The molecule has 0 spiro atoms. The van der Waals surface area contributed by atoms with Crippen molar-refractivity contribution in [2.24, 2.45) is 5.73 Å². The number of carbonyl (C=O) groups excluding carboxylic acids is 3. The molecule has 0 aliphatic heterocycles. The summed E-state index contributed by atoms with van der Waals surface area (Å²) in [7, 11) is 0. The largest absolute Gasteiger partial charge is 0.481 e. The fraction of sp³-hybridized carbons (Fsp3) is 0.815. The van der Waals surface area contributed by atoms with Gasteiger partial charge in [-0.3, -0.25) is 19.2 Å². The average molecular weight is 575 g/mol. The number of unbranched alkanes of at least 4 members (excludes halogenated alkanes) is 5. The molecule has 0 heterocycles. The molecule has 0 unspecified atom stereocenters. The first-order chi connectivity index (χ1) is 19.2. The zero-order chi connectivity index (χ0) is 29.8. The summed E-state index contributed by atoms with van der Waals surface area (Å²) in [5.74, 6) is -3.52. The van der Waals surface area contributed by atoms with Gasteiger partial charge in [0.1, 0.15) is 6.04 Å². The van der Waals surface area contributed by atoms with Crippen LogP contribution < -0.4 is 21.7 Å². The maximum Gasteiger partial charge on any atom is 0.326 e. The lowest BCUT2D eigenvalue weighted by Gasteiger charge is -2.13. The van der Waals surface area contributed by atoms with E-state index in [0.717, 1.165) is 71.1 Å². The molecule has 0 fully saturated rings. The molecule has 232 valence electrons. The number of nitrogens with one attached hydrogen (secondary N) is 3. The van der Waals surface area contributed by atoms with Crippen LogP contribution in [-0.2, 0) is 33.4 Å². The molecule has 0 aliphatic carbocycles. The monoisotopic (exact) mass is 574 g/mol. The molecule has 0 rings (SSSR count). The molecule has 40 heavy (non-hydrogen) atoms. The van der Waals surface area contributed by atoms with Crippen molar-refractivity contribution in [1.82, 2.24) is 16.0 Å². The zero-order valence-electron chi connectivity index (χ0n) is 23.8. The molecule has 0 bridgehead atoms. The third-order valence-corrected chi connectivity index (χ3v) is 5.89. The fourth-order valence-electron chi connectivity index (χ4n) is 3.62. The highest BCUT2D eigenvalue weighted by Crippen LogP contribution is 2.05. The van der Waals surface area contributed by atoms with Gasteiger partial charge in [-0.15, -0.1) is 0 Å². The number of primary amides is 1. The van der Waals surface area contributed by atoms with E-state index < -0.39 is 29.8 Å². The van der Waals surface area contributed by atoms with Crippen molar-refractivity contribution in [3.8, 4) is 0 Å². The van der Waals surface area contributed by atoms with Gasteiger partial charge in [0.05, 0.1) is 0 Å². The summed E-state index contributed by atoms with van der Waals surface area (Å²) in [5.41, 5.74) is 5.00. The Labute approximate surface area is 237 Å². The van der Waals surface area contributed by atoms with Gasteiger partial charge in [0, 0.05) is 58.7 Å². The maximum atomic E-state index is 11.9. The van der Waals surface area contributed by atoms with Gasteiger partial charge >= 0.3 is 11.9 Å². The molecule has 7 N–H and O–H groups in total. The molecule has 0 radical (unpaired) electrons. The first kappa shape index (κ1) is 37.2. The molecule has 1 atom stereocenters.